The third kappa shape index (κ3) is 14.0. The molecule has 5 amide bonds. The highest BCUT2D eigenvalue weighted by Gasteiger charge is 2.52. The largest absolute Gasteiger partial charge is 0.347 e. The first-order valence-corrected chi connectivity index (χ1v) is 18.2. The Hall–Kier alpha value is -2.15. The van der Waals surface area contributed by atoms with Crippen LogP contribution in [0.2, 0.25) is 0 Å². The Balaban J connectivity index is 0. The number of fused-ring (bicyclic) bond motifs is 1. The number of rotatable bonds is 13. The zero-order chi connectivity index (χ0) is 35.3. The molecule has 3 aliphatic carbocycles. The fourth-order valence-electron chi connectivity index (χ4n) is 7.87. The SMILES string of the molecule is C.CCC[C@H](NC(=O)[C@@H]1[C@H]2CCC[C@@H]2CN1C(=O)[C@H](NC(=O)[C@@H](NC(=O)c1cnccn1)C1CCCCC1)C(C)(C)C)C(=O)C(=O)NC1CC1.S.S.S.S.S. The number of Topliss-reactive ketones (excluding diaryl/α,β-unsaturated/α-hetero) is 1. The smallest absolute Gasteiger partial charge is 0.289 e. The molecule has 0 aromatic carbocycles. The lowest BCUT2D eigenvalue weighted by molar-refractivity contribution is -0.146. The molecule has 2 heterocycles. The molecule has 1 aliphatic heterocycles. The second-order valence-electron chi connectivity index (χ2n) is 15.5. The Bertz CT molecular complexity index is 1410. The van der Waals surface area contributed by atoms with E-state index in [2.05, 4.69) is 31.2 Å². The van der Waals surface area contributed by atoms with Gasteiger partial charge in [-0.15, -0.1) is 0 Å². The summed E-state index contributed by atoms with van der Waals surface area (Å²) < 4.78 is 0. The summed E-state index contributed by atoms with van der Waals surface area (Å²) in [5.74, 6) is -3.20. The van der Waals surface area contributed by atoms with E-state index in [1.54, 1.807) is 4.90 Å². The topological polar surface area (TPSA) is 180 Å². The minimum Gasteiger partial charge on any atom is -0.347 e. The van der Waals surface area contributed by atoms with E-state index < -0.39 is 59.0 Å². The molecule has 18 heteroatoms. The third-order valence-corrected chi connectivity index (χ3v) is 10.7. The van der Waals surface area contributed by atoms with Gasteiger partial charge >= 0.3 is 0 Å². The van der Waals surface area contributed by atoms with Crippen LogP contribution >= 0.6 is 67.5 Å². The number of carbonyl (C=O) groups is 6. The molecular weight excluding hydrogens is 799 g/mol. The Labute approximate surface area is 362 Å². The Morgan fingerprint density at radius 1 is 0.836 bits per heavy atom. The zero-order valence-corrected chi connectivity index (χ0v) is 36.8. The summed E-state index contributed by atoms with van der Waals surface area (Å²) >= 11 is 0. The normalized spacial score (nSPS) is 21.6. The van der Waals surface area contributed by atoms with Crippen LogP contribution in [0, 0.1) is 23.2 Å². The van der Waals surface area contributed by atoms with Crippen LogP contribution in [0.5, 0.6) is 0 Å². The van der Waals surface area contributed by atoms with Crippen molar-refractivity contribution < 1.29 is 28.8 Å². The molecule has 1 aromatic rings. The monoisotopic (exact) mass is 865 g/mol. The molecule has 5 rings (SSSR count). The summed E-state index contributed by atoms with van der Waals surface area (Å²) in [6, 6.07) is -3.68. The van der Waals surface area contributed by atoms with Crippen LogP contribution in [-0.2, 0) is 24.0 Å². The number of hydrogen-bond donors (Lipinski definition) is 4. The van der Waals surface area contributed by atoms with Crippen molar-refractivity contribution in [1.82, 2.24) is 36.1 Å². The standard InChI is InChI=1S/C36H53N7O6.CH4.5H2S/c1-5-10-25(29(44)34(48)39-23-15-16-23)40-33(47)28-24-14-9-13-22(24)20-43(28)35(49)30(36(2,3)4)42-32(46)27(21-11-7-6-8-12-21)41-31(45)26-19-37-17-18-38-26;;;;;;/h17-19,21-25,27-28,30H,5-16,20H2,1-4H3,(H,39,48)(H,40,47)(H,41,45)(H,42,46);1H4;5*1H2/t22-,24+,25+,27+,28+,30+;;;;;;/m1....../s1. The number of nitrogens with zero attached hydrogens (tertiary/aromatic N) is 3. The number of ketones is 1. The van der Waals surface area contributed by atoms with Crippen molar-refractivity contribution in [3.05, 3.63) is 24.3 Å². The number of likely N-dealkylation sites (tertiary alicyclic amines) is 1. The van der Waals surface area contributed by atoms with Gasteiger partial charge in [0.1, 0.15) is 23.8 Å². The van der Waals surface area contributed by atoms with Crippen molar-refractivity contribution in [3.8, 4) is 0 Å². The zero-order valence-electron chi connectivity index (χ0n) is 31.8. The van der Waals surface area contributed by atoms with E-state index in [1.165, 1.54) is 18.6 Å². The summed E-state index contributed by atoms with van der Waals surface area (Å²) in [6.07, 6.45) is 13.9. The van der Waals surface area contributed by atoms with E-state index in [4.69, 9.17) is 0 Å². The lowest BCUT2D eigenvalue weighted by Crippen LogP contribution is -2.62. The fourth-order valence-corrected chi connectivity index (χ4v) is 7.87. The molecule has 3 saturated carbocycles. The summed E-state index contributed by atoms with van der Waals surface area (Å²) in [7, 11) is 0. The number of hydrogen-bond acceptors (Lipinski definition) is 8. The van der Waals surface area contributed by atoms with E-state index in [0.717, 1.165) is 64.2 Å². The molecule has 0 unspecified atom stereocenters. The van der Waals surface area contributed by atoms with Crippen molar-refractivity contribution in [3.63, 3.8) is 0 Å². The van der Waals surface area contributed by atoms with Crippen LogP contribution in [0.4, 0.5) is 0 Å². The average molecular weight is 866 g/mol. The van der Waals surface area contributed by atoms with Crippen molar-refractivity contribution in [2.24, 2.45) is 23.2 Å². The van der Waals surface area contributed by atoms with Crippen molar-refractivity contribution >= 4 is 103 Å². The maximum absolute atomic E-state index is 14.6. The molecule has 0 spiro atoms. The minimum atomic E-state index is -0.994. The lowest BCUT2D eigenvalue weighted by atomic mass is 9.82. The van der Waals surface area contributed by atoms with Crippen LogP contribution < -0.4 is 21.3 Å². The van der Waals surface area contributed by atoms with Crippen LogP contribution in [0.3, 0.4) is 0 Å². The highest BCUT2D eigenvalue weighted by Crippen LogP contribution is 2.43. The fraction of sp³-hybridized carbons (Fsp3) is 0.730. The van der Waals surface area contributed by atoms with Gasteiger partial charge in [0, 0.05) is 25.0 Å². The molecule has 4 N–H and O–H groups in total. The maximum atomic E-state index is 14.6. The molecule has 4 aliphatic rings. The molecule has 1 saturated heterocycles. The number of amides is 5. The lowest BCUT2D eigenvalue weighted by Gasteiger charge is -2.38. The summed E-state index contributed by atoms with van der Waals surface area (Å²) in [5, 5.41) is 11.5. The van der Waals surface area contributed by atoms with Gasteiger partial charge in [-0.25, -0.2) is 4.98 Å². The van der Waals surface area contributed by atoms with Crippen LogP contribution in [0.15, 0.2) is 18.6 Å². The second kappa shape index (κ2) is 24.6. The number of nitrogens with one attached hydrogen (secondary N) is 4. The van der Waals surface area contributed by atoms with Gasteiger partial charge in [0.2, 0.25) is 23.5 Å². The van der Waals surface area contributed by atoms with E-state index in [1.807, 2.05) is 27.7 Å². The van der Waals surface area contributed by atoms with Gasteiger partial charge in [0.15, 0.2) is 0 Å². The Morgan fingerprint density at radius 3 is 2.05 bits per heavy atom. The first-order chi connectivity index (χ1) is 23.4. The van der Waals surface area contributed by atoms with E-state index in [9.17, 15) is 28.8 Å². The van der Waals surface area contributed by atoms with Gasteiger partial charge in [-0.2, -0.15) is 67.5 Å². The first kappa shape index (κ1) is 54.9. The predicted octanol–water partition coefficient (Wildman–Crippen LogP) is 3.65. The van der Waals surface area contributed by atoms with Crippen molar-refractivity contribution in [1.29, 1.82) is 0 Å². The molecule has 13 nitrogen and oxygen atoms in total. The second-order valence-corrected chi connectivity index (χ2v) is 15.5. The Kier molecular flexibility index (Phi) is 24.6. The van der Waals surface area contributed by atoms with Gasteiger partial charge in [0.25, 0.3) is 11.8 Å². The maximum Gasteiger partial charge on any atom is 0.289 e. The van der Waals surface area contributed by atoms with E-state index >= 15 is 0 Å². The van der Waals surface area contributed by atoms with Gasteiger partial charge in [-0.05, 0) is 68.1 Å². The number of aromatic nitrogens is 2. The summed E-state index contributed by atoms with van der Waals surface area (Å²) in [4.78, 5) is 91.4. The van der Waals surface area contributed by atoms with Crippen molar-refractivity contribution in [2.75, 3.05) is 6.54 Å². The molecular formula is C37H67N7O6S5. The van der Waals surface area contributed by atoms with Gasteiger partial charge in [-0.3, -0.25) is 33.8 Å². The molecule has 4 fully saturated rings. The highest BCUT2D eigenvalue weighted by molar-refractivity contribution is 7.60. The van der Waals surface area contributed by atoms with E-state index in [-0.39, 0.29) is 110 Å². The molecule has 0 radical (unpaired) electrons. The molecule has 1 aromatic heterocycles. The molecule has 316 valence electrons. The van der Waals surface area contributed by atoms with Crippen LogP contribution in [-0.4, -0.2) is 86.9 Å². The van der Waals surface area contributed by atoms with Crippen LogP contribution in [0.25, 0.3) is 0 Å². The van der Waals surface area contributed by atoms with Gasteiger partial charge in [0.05, 0.1) is 12.2 Å². The quantitative estimate of drug-likeness (QED) is 0.217. The Morgan fingerprint density at radius 2 is 1.49 bits per heavy atom. The summed E-state index contributed by atoms with van der Waals surface area (Å²) in [5.41, 5.74) is -0.638. The highest BCUT2D eigenvalue weighted by atomic mass is 32.1. The van der Waals surface area contributed by atoms with Crippen LogP contribution in [0.1, 0.15) is 123 Å². The number of carbonyl (C=O) groups excluding carboxylic acids is 6. The third-order valence-electron chi connectivity index (χ3n) is 10.7. The summed E-state index contributed by atoms with van der Waals surface area (Å²) in [6.45, 7) is 7.85. The molecule has 55 heavy (non-hydrogen) atoms. The molecule has 0 bridgehead atoms. The average Bonchev–Trinajstić information content (AvgIpc) is 3.65. The van der Waals surface area contributed by atoms with E-state index in [0.29, 0.717) is 19.4 Å². The predicted molar refractivity (Wildman–Crippen MR) is 239 cm³/mol. The van der Waals surface area contributed by atoms with Crippen molar-refractivity contribution in [2.45, 2.75) is 142 Å². The minimum absolute atomic E-state index is 0. The molecule has 6 atom stereocenters. The first-order valence-electron chi connectivity index (χ1n) is 18.2. The van der Waals surface area contributed by atoms with Gasteiger partial charge < -0.3 is 26.2 Å². The van der Waals surface area contributed by atoms with Gasteiger partial charge in [-0.1, -0.05) is 67.2 Å².